The Hall–Kier alpha value is -2.94. The van der Waals surface area contributed by atoms with Gasteiger partial charge in [-0.3, -0.25) is 14.5 Å². The number of hydrogen-bond donors (Lipinski definition) is 1. The van der Waals surface area contributed by atoms with E-state index >= 15 is 0 Å². The van der Waals surface area contributed by atoms with Gasteiger partial charge in [0.1, 0.15) is 5.75 Å². The van der Waals surface area contributed by atoms with Crippen molar-refractivity contribution in [3.63, 3.8) is 0 Å². The summed E-state index contributed by atoms with van der Waals surface area (Å²) in [6.07, 6.45) is 1.78. The minimum Gasteiger partial charge on any atom is -0.484 e. The zero-order chi connectivity index (χ0) is 24.2. The zero-order valence-corrected chi connectivity index (χ0v) is 21.7. The van der Waals surface area contributed by atoms with Crippen LogP contribution in [0.3, 0.4) is 0 Å². The van der Waals surface area contributed by atoms with E-state index in [2.05, 4.69) is 21.2 Å². The van der Waals surface area contributed by atoms with Crippen LogP contribution in [-0.4, -0.2) is 22.7 Å². The van der Waals surface area contributed by atoms with E-state index in [1.54, 1.807) is 18.2 Å². The number of nitrogens with zero attached hydrogens (tertiary/aromatic N) is 1. The number of carbonyl (C=O) groups excluding carboxylic acids is 2. The molecule has 0 radical (unpaired) electrons. The summed E-state index contributed by atoms with van der Waals surface area (Å²) in [6, 6.07) is 20.5. The van der Waals surface area contributed by atoms with Crippen molar-refractivity contribution in [3.8, 4) is 5.75 Å². The fraction of sp³-hybridized carbons (Fsp3) is 0.115. The van der Waals surface area contributed by atoms with E-state index in [4.69, 9.17) is 17.0 Å². The fourth-order valence-corrected chi connectivity index (χ4v) is 5.53. The van der Waals surface area contributed by atoms with Crippen LogP contribution in [0.2, 0.25) is 0 Å². The molecule has 5 nitrogen and oxygen atoms in total. The highest BCUT2D eigenvalue weighted by Gasteiger charge is 2.33. The predicted molar refractivity (Wildman–Crippen MR) is 146 cm³/mol. The Morgan fingerprint density at radius 1 is 1.09 bits per heavy atom. The quantitative estimate of drug-likeness (QED) is 0.280. The van der Waals surface area contributed by atoms with Crippen LogP contribution in [-0.2, 0) is 9.59 Å². The Balaban J connectivity index is 1.43. The van der Waals surface area contributed by atoms with Crippen molar-refractivity contribution in [2.24, 2.45) is 0 Å². The van der Waals surface area contributed by atoms with E-state index in [1.807, 2.05) is 68.4 Å². The molecule has 0 aliphatic carbocycles. The topological polar surface area (TPSA) is 58.6 Å². The molecule has 1 heterocycles. The largest absolute Gasteiger partial charge is 0.484 e. The normalized spacial score (nSPS) is 14.6. The fourth-order valence-electron chi connectivity index (χ4n) is 3.55. The van der Waals surface area contributed by atoms with Crippen molar-refractivity contribution in [3.05, 3.63) is 92.8 Å². The van der Waals surface area contributed by atoms with Crippen molar-refractivity contribution in [1.29, 1.82) is 0 Å². The number of hydrogen-bond acceptors (Lipinski definition) is 5. The summed E-state index contributed by atoms with van der Waals surface area (Å²) in [6.45, 7) is 3.75. The third kappa shape index (κ3) is 5.58. The molecule has 0 aromatic heterocycles. The molecule has 0 unspecified atom stereocenters. The highest BCUT2D eigenvalue weighted by atomic mass is 79.9. The van der Waals surface area contributed by atoms with E-state index in [0.29, 0.717) is 15.0 Å². The summed E-state index contributed by atoms with van der Waals surface area (Å²) in [5.41, 5.74) is 4.25. The molecule has 1 N–H and O–H groups in total. The van der Waals surface area contributed by atoms with Crippen LogP contribution in [0, 0.1) is 13.8 Å². The number of rotatable bonds is 6. The number of thioether (sulfide) groups is 1. The summed E-state index contributed by atoms with van der Waals surface area (Å²) < 4.78 is 7.17. The number of amides is 2. The van der Waals surface area contributed by atoms with Gasteiger partial charge in [-0.25, -0.2) is 0 Å². The number of aryl methyl sites for hydroxylation is 2. The number of halogens is 1. The molecular weight excluding hydrogens is 532 g/mol. The molecule has 1 saturated heterocycles. The first-order chi connectivity index (χ1) is 16.3. The van der Waals surface area contributed by atoms with Gasteiger partial charge in [0, 0.05) is 10.2 Å². The zero-order valence-electron chi connectivity index (χ0n) is 18.5. The third-order valence-electron chi connectivity index (χ3n) is 5.10. The molecule has 3 aromatic rings. The lowest BCUT2D eigenvalue weighted by molar-refractivity contribution is -0.118. The van der Waals surface area contributed by atoms with Gasteiger partial charge in [0.25, 0.3) is 11.8 Å². The lowest BCUT2D eigenvalue weighted by Gasteiger charge is -2.13. The van der Waals surface area contributed by atoms with Crippen LogP contribution in [0.4, 0.5) is 11.4 Å². The molecule has 8 heteroatoms. The van der Waals surface area contributed by atoms with E-state index in [0.717, 1.165) is 32.5 Å². The van der Waals surface area contributed by atoms with E-state index in [1.165, 1.54) is 16.7 Å². The maximum atomic E-state index is 12.9. The minimum absolute atomic E-state index is 0.130. The van der Waals surface area contributed by atoms with Crippen molar-refractivity contribution in [1.82, 2.24) is 0 Å². The van der Waals surface area contributed by atoms with E-state index < -0.39 is 0 Å². The van der Waals surface area contributed by atoms with Gasteiger partial charge in [0.2, 0.25) is 0 Å². The molecule has 0 spiro atoms. The van der Waals surface area contributed by atoms with E-state index in [9.17, 15) is 9.59 Å². The number of carbonyl (C=O) groups is 2. The van der Waals surface area contributed by atoms with Crippen LogP contribution in [0.15, 0.2) is 76.1 Å². The van der Waals surface area contributed by atoms with Gasteiger partial charge in [0.15, 0.2) is 10.9 Å². The molecule has 0 atom stereocenters. The minimum atomic E-state index is -0.248. The smallest absolute Gasteiger partial charge is 0.270 e. The lowest BCUT2D eigenvalue weighted by Crippen LogP contribution is -2.27. The monoisotopic (exact) mass is 552 g/mol. The Bertz CT molecular complexity index is 1290. The molecule has 1 aliphatic heterocycles. The Labute approximate surface area is 216 Å². The third-order valence-corrected chi connectivity index (χ3v) is 6.86. The summed E-state index contributed by atoms with van der Waals surface area (Å²) in [4.78, 5) is 27.5. The summed E-state index contributed by atoms with van der Waals surface area (Å²) in [7, 11) is 0. The molecule has 2 amide bonds. The van der Waals surface area contributed by atoms with Crippen LogP contribution < -0.4 is 15.0 Å². The lowest BCUT2D eigenvalue weighted by atomic mass is 10.1. The number of para-hydroxylation sites is 1. The Morgan fingerprint density at radius 2 is 1.79 bits per heavy atom. The summed E-state index contributed by atoms with van der Waals surface area (Å²) in [5, 5.41) is 2.92. The molecule has 0 bridgehead atoms. The van der Waals surface area contributed by atoms with Crippen LogP contribution in [0.25, 0.3) is 6.08 Å². The number of anilines is 2. The second kappa shape index (κ2) is 10.5. The highest BCUT2D eigenvalue weighted by molar-refractivity contribution is 9.10. The number of nitrogens with one attached hydrogen (secondary N) is 1. The van der Waals surface area contributed by atoms with Gasteiger partial charge in [0.05, 0.1) is 10.6 Å². The van der Waals surface area contributed by atoms with Crippen LogP contribution >= 0.6 is 39.9 Å². The predicted octanol–water partition coefficient (Wildman–Crippen LogP) is 6.49. The Morgan fingerprint density at radius 3 is 2.50 bits per heavy atom. The molecular formula is C26H21BrN2O3S2. The number of thiocarbonyl (C=S) groups is 1. The summed E-state index contributed by atoms with van der Waals surface area (Å²) in [5.74, 6) is 0.126. The Kier molecular flexibility index (Phi) is 7.50. The van der Waals surface area contributed by atoms with Gasteiger partial charge >= 0.3 is 0 Å². The standard InChI is InChI=1S/C26H21BrN2O3S2/c1-16-11-19(27)12-17(2)24(16)28-23(30)15-32-21-10-6-7-18(13-21)14-22-25(31)29(26(33)34-22)20-8-4-3-5-9-20/h3-14H,15H2,1-2H3,(H,28,30)/b22-14-. The first kappa shape index (κ1) is 24.2. The molecule has 34 heavy (non-hydrogen) atoms. The van der Waals surface area contributed by atoms with Crippen molar-refractivity contribution in [2.75, 3.05) is 16.8 Å². The van der Waals surface area contributed by atoms with Gasteiger partial charge in [-0.1, -0.05) is 70.2 Å². The molecule has 1 fully saturated rings. The van der Waals surface area contributed by atoms with Crippen LogP contribution in [0.1, 0.15) is 16.7 Å². The van der Waals surface area contributed by atoms with Gasteiger partial charge in [-0.2, -0.15) is 0 Å². The van der Waals surface area contributed by atoms with Crippen molar-refractivity contribution < 1.29 is 14.3 Å². The number of ether oxygens (including phenoxy) is 1. The molecule has 3 aromatic carbocycles. The first-order valence-corrected chi connectivity index (χ1v) is 12.5. The average molecular weight is 554 g/mol. The number of benzene rings is 3. The maximum Gasteiger partial charge on any atom is 0.270 e. The maximum absolute atomic E-state index is 12.9. The first-order valence-electron chi connectivity index (χ1n) is 10.4. The second-order valence-corrected chi connectivity index (χ2v) is 10.3. The molecule has 1 aliphatic rings. The average Bonchev–Trinajstić information content (AvgIpc) is 3.08. The van der Waals surface area contributed by atoms with Gasteiger partial charge in [-0.15, -0.1) is 0 Å². The SMILES string of the molecule is Cc1cc(Br)cc(C)c1NC(=O)COc1cccc(/C=C2\SC(=S)N(c3ccccc3)C2=O)c1. The summed E-state index contributed by atoms with van der Waals surface area (Å²) >= 11 is 10.1. The van der Waals surface area contributed by atoms with Crippen molar-refractivity contribution in [2.45, 2.75) is 13.8 Å². The van der Waals surface area contributed by atoms with Gasteiger partial charge in [-0.05, 0) is 73.0 Å². The van der Waals surface area contributed by atoms with E-state index in [-0.39, 0.29) is 18.4 Å². The molecule has 172 valence electrons. The van der Waals surface area contributed by atoms with Crippen molar-refractivity contribution >= 4 is 73.5 Å². The highest BCUT2D eigenvalue weighted by Crippen LogP contribution is 2.36. The molecule has 0 saturated carbocycles. The van der Waals surface area contributed by atoms with Crippen LogP contribution in [0.5, 0.6) is 5.75 Å². The van der Waals surface area contributed by atoms with Gasteiger partial charge < -0.3 is 10.1 Å². The second-order valence-electron chi connectivity index (χ2n) is 7.68. The molecule has 4 rings (SSSR count).